The van der Waals surface area contributed by atoms with Crippen LogP contribution in [-0.4, -0.2) is 37.1 Å². The van der Waals surface area contributed by atoms with E-state index < -0.39 is 23.7 Å². The SMILES string of the molecule is CCCC(CC)c1cn2cc(C(=O)Nc3cccn([C@H]4C[C@H]4F)c3=O)c(OC3CCC3)nc2n1. The van der Waals surface area contributed by atoms with Crippen LogP contribution in [0.15, 0.2) is 35.5 Å². The van der Waals surface area contributed by atoms with Gasteiger partial charge in [0.2, 0.25) is 11.7 Å². The number of alkyl halides is 1. The summed E-state index contributed by atoms with van der Waals surface area (Å²) in [6.07, 6.45) is 10.4. The van der Waals surface area contributed by atoms with Crippen molar-refractivity contribution in [2.24, 2.45) is 0 Å². The van der Waals surface area contributed by atoms with Gasteiger partial charge in [0.25, 0.3) is 11.5 Å². The zero-order chi connectivity index (χ0) is 23.8. The maximum Gasteiger partial charge on any atom is 0.274 e. The Kier molecular flexibility index (Phi) is 6.10. The van der Waals surface area contributed by atoms with Crippen LogP contribution in [0.3, 0.4) is 0 Å². The van der Waals surface area contributed by atoms with E-state index in [2.05, 4.69) is 24.1 Å². The van der Waals surface area contributed by atoms with E-state index >= 15 is 0 Å². The van der Waals surface area contributed by atoms with E-state index in [-0.39, 0.29) is 23.2 Å². The third-order valence-electron chi connectivity index (χ3n) is 6.82. The lowest BCUT2D eigenvalue weighted by atomic mass is 9.96. The molecule has 2 aliphatic rings. The summed E-state index contributed by atoms with van der Waals surface area (Å²) in [5, 5.41) is 2.69. The summed E-state index contributed by atoms with van der Waals surface area (Å²) in [4.78, 5) is 35.4. The molecule has 0 aliphatic heterocycles. The predicted octanol–water partition coefficient (Wildman–Crippen LogP) is 4.65. The second kappa shape index (κ2) is 9.19. The molecule has 0 spiro atoms. The maximum atomic E-state index is 13.5. The van der Waals surface area contributed by atoms with Crippen molar-refractivity contribution in [3.05, 3.63) is 52.3 Å². The summed E-state index contributed by atoms with van der Waals surface area (Å²) in [7, 11) is 0. The first-order valence-corrected chi connectivity index (χ1v) is 12.2. The molecule has 34 heavy (non-hydrogen) atoms. The van der Waals surface area contributed by atoms with Crippen molar-refractivity contribution < 1.29 is 13.9 Å². The number of halogens is 1. The summed E-state index contributed by atoms with van der Waals surface area (Å²) >= 11 is 0. The molecule has 3 aromatic rings. The number of ether oxygens (including phenoxy) is 1. The van der Waals surface area contributed by atoms with Gasteiger partial charge in [-0.05, 0) is 44.2 Å². The van der Waals surface area contributed by atoms with Gasteiger partial charge in [0.15, 0.2) is 0 Å². The highest BCUT2D eigenvalue weighted by molar-refractivity contribution is 6.05. The average Bonchev–Trinajstić information content (AvgIpc) is 3.37. The molecule has 3 heterocycles. The van der Waals surface area contributed by atoms with E-state index in [1.165, 1.54) is 10.6 Å². The van der Waals surface area contributed by atoms with Crippen molar-refractivity contribution >= 4 is 17.4 Å². The molecule has 2 saturated carbocycles. The standard InChI is InChI=1S/C25H30FN5O3/c1-3-7-15(4-2)20-14-30-13-17(23(29-25(30)28-20)34-16-8-5-9-16)22(32)27-19-10-6-11-31(24(19)33)21-12-18(21)26/h6,10-11,13-16,18,21H,3-5,7-9,12H2,1-2H3,(H,27,32)/t15?,18-,21+/m1/s1. The van der Waals surface area contributed by atoms with Crippen LogP contribution in [0, 0.1) is 0 Å². The van der Waals surface area contributed by atoms with Gasteiger partial charge in [0, 0.05) is 30.9 Å². The van der Waals surface area contributed by atoms with Crippen LogP contribution in [0.5, 0.6) is 5.88 Å². The van der Waals surface area contributed by atoms with Crippen molar-refractivity contribution in [2.75, 3.05) is 5.32 Å². The van der Waals surface area contributed by atoms with Crippen molar-refractivity contribution in [3.63, 3.8) is 0 Å². The number of hydrogen-bond acceptors (Lipinski definition) is 5. The molecule has 2 fully saturated rings. The fourth-order valence-electron chi connectivity index (χ4n) is 4.42. The molecule has 3 atom stereocenters. The summed E-state index contributed by atoms with van der Waals surface area (Å²) in [5.74, 6) is 0.532. The molecule has 3 aromatic heterocycles. The van der Waals surface area contributed by atoms with Gasteiger partial charge in [-0.2, -0.15) is 4.98 Å². The van der Waals surface area contributed by atoms with Crippen LogP contribution >= 0.6 is 0 Å². The van der Waals surface area contributed by atoms with Gasteiger partial charge < -0.3 is 14.6 Å². The van der Waals surface area contributed by atoms with Crippen LogP contribution < -0.4 is 15.6 Å². The normalized spacial score (nSPS) is 20.7. The highest BCUT2D eigenvalue weighted by Crippen LogP contribution is 2.37. The molecule has 5 rings (SSSR count). The number of anilines is 1. The molecular formula is C25H30FN5O3. The van der Waals surface area contributed by atoms with E-state index in [1.807, 2.05) is 6.20 Å². The molecule has 0 aromatic carbocycles. The molecule has 8 nitrogen and oxygen atoms in total. The van der Waals surface area contributed by atoms with E-state index in [0.717, 1.165) is 44.2 Å². The number of nitrogens with zero attached hydrogens (tertiary/aromatic N) is 4. The molecule has 180 valence electrons. The Labute approximate surface area is 197 Å². The van der Waals surface area contributed by atoms with E-state index in [4.69, 9.17) is 9.72 Å². The number of fused-ring (bicyclic) bond motifs is 1. The predicted molar refractivity (Wildman–Crippen MR) is 126 cm³/mol. The third-order valence-corrected chi connectivity index (χ3v) is 6.82. The smallest absolute Gasteiger partial charge is 0.274 e. The van der Waals surface area contributed by atoms with Gasteiger partial charge in [-0.3, -0.25) is 14.0 Å². The first-order chi connectivity index (χ1) is 16.5. The molecule has 1 N–H and O–H groups in total. The zero-order valence-electron chi connectivity index (χ0n) is 19.5. The van der Waals surface area contributed by atoms with Gasteiger partial charge in [-0.25, -0.2) is 9.37 Å². The van der Waals surface area contributed by atoms with Gasteiger partial charge in [-0.15, -0.1) is 0 Å². The first kappa shape index (κ1) is 22.6. The lowest BCUT2D eigenvalue weighted by molar-refractivity contribution is 0.0979. The second-order valence-electron chi connectivity index (χ2n) is 9.30. The molecule has 0 radical (unpaired) electrons. The van der Waals surface area contributed by atoms with E-state index in [9.17, 15) is 14.0 Å². The Hall–Kier alpha value is -3.23. The van der Waals surface area contributed by atoms with Gasteiger partial charge in [-0.1, -0.05) is 20.3 Å². The fourth-order valence-corrected chi connectivity index (χ4v) is 4.42. The number of pyridine rings is 1. The second-order valence-corrected chi connectivity index (χ2v) is 9.30. The number of amides is 1. The van der Waals surface area contributed by atoms with Crippen LogP contribution in [0.2, 0.25) is 0 Å². The molecule has 1 amide bonds. The number of aromatic nitrogens is 4. The number of carbonyl (C=O) groups is 1. The highest BCUT2D eigenvalue weighted by Gasteiger charge is 2.40. The lowest BCUT2D eigenvalue weighted by Gasteiger charge is -2.26. The van der Waals surface area contributed by atoms with Crippen LogP contribution in [-0.2, 0) is 0 Å². The summed E-state index contributed by atoms with van der Waals surface area (Å²) in [5.41, 5.74) is 0.852. The minimum Gasteiger partial charge on any atom is -0.474 e. The molecule has 1 unspecified atom stereocenters. The van der Waals surface area contributed by atoms with Gasteiger partial charge in [0.05, 0.1) is 11.7 Å². The van der Waals surface area contributed by atoms with Gasteiger partial charge in [0.1, 0.15) is 23.5 Å². The van der Waals surface area contributed by atoms with Crippen molar-refractivity contribution in [3.8, 4) is 5.88 Å². The van der Waals surface area contributed by atoms with E-state index in [0.29, 0.717) is 18.1 Å². The monoisotopic (exact) mass is 467 g/mol. The molecule has 2 aliphatic carbocycles. The van der Waals surface area contributed by atoms with Crippen molar-refractivity contribution in [1.82, 2.24) is 18.9 Å². The van der Waals surface area contributed by atoms with Crippen molar-refractivity contribution in [1.29, 1.82) is 0 Å². The van der Waals surface area contributed by atoms with Crippen LogP contribution in [0.25, 0.3) is 5.78 Å². The topological polar surface area (TPSA) is 90.5 Å². The summed E-state index contributed by atoms with van der Waals surface area (Å²) < 4.78 is 22.7. The van der Waals surface area contributed by atoms with Gasteiger partial charge >= 0.3 is 0 Å². The lowest BCUT2D eigenvalue weighted by Crippen LogP contribution is -2.28. The summed E-state index contributed by atoms with van der Waals surface area (Å²) in [6.45, 7) is 4.29. The number of carbonyl (C=O) groups excluding carboxylic acids is 1. The van der Waals surface area contributed by atoms with Crippen LogP contribution in [0.4, 0.5) is 10.1 Å². The van der Waals surface area contributed by atoms with E-state index in [1.54, 1.807) is 22.9 Å². The maximum absolute atomic E-state index is 13.5. The Morgan fingerprint density at radius 2 is 2.09 bits per heavy atom. The fraction of sp³-hybridized carbons (Fsp3) is 0.520. The first-order valence-electron chi connectivity index (χ1n) is 12.2. The molecule has 0 bridgehead atoms. The Bertz CT molecular complexity index is 1270. The van der Waals surface area contributed by atoms with Crippen LogP contribution in [0.1, 0.15) is 86.8 Å². The largest absolute Gasteiger partial charge is 0.474 e. The summed E-state index contributed by atoms with van der Waals surface area (Å²) in [6, 6.07) is 2.70. The van der Waals surface area contributed by atoms with Crippen molar-refractivity contribution in [2.45, 2.75) is 83.0 Å². The number of nitrogens with one attached hydrogen (secondary N) is 1. The molecular weight excluding hydrogens is 437 g/mol. The molecule has 0 saturated heterocycles. The number of rotatable bonds is 9. The minimum atomic E-state index is -1.02. The quantitative estimate of drug-likeness (QED) is 0.495. The Morgan fingerprint density at radius 1 is 1.29 bits per heavy atom. The average molecular weight is 468 g/mol. The third kappa shape index (κ3) is 4.31. The number of hydrogen-bond donors (Lipinski definition) is 1. The Balaban J connectivity index is 1.48. The highest BCUT2D eigenvalue weighted by atomic mass is 19.1. The molecule has 9 heteroatoms. The number of imidazole rings is 1. The minimum absolute atomic E-state index is 0.0183. The Morgan fingerprint density at radius 3 is 2.74 bits per heavy atom. The zero-order valence-corrected chi connectivity index (χ0v) is 19.5.